The van der Waals surface area contributed by atoms with Gasteiger partial charge in [-0.3, -0.25) is 0 Å². The van der Waals surface area contributed by atoms with Crippen LogP contribution >= 0.6 is 0 Å². The Morgan fingerprint density at radius 2 is 1.59 bits per heavy atom. The first-order chi connectivity index (χ1) is 17.5. The van der Waals surface area contributed by atoms with Crippen molar-refractivity contribution in [1.82, 2.24) is 9.99 Å². The minimum Gasteiger partial charge on any atom is -0.356 e. The maximum Gasteiger partial charge on any atom is 0.416 e. The molecule has 10 heteroatoms. The van der Waals surface area contributed by atoms with Crippen molar-refractivity contribution in [3.8, 4) is 0 Å². The molecule has 1 saturated carbocycles. The fourth-order valence-electron chi connectivity index (χ4n) is 4.35. The second-order valence-corrected chi connectivity index (χ2v) is 9.39. The van der Waals surface area contributed by atoms with Crippen molar-refractivity contribution in [2.45, 2.75) is 51.6 Å². The second-order valence-electron chi connectivity index (χ2n) is 9.39. The smallest absolute Gasteiger partial charge is 0.356 e. The van der Waals surface area contributed by atoms with Gasteiger partial charge in [0.1, 0.15) is 18.9 Å². The molecule has 3 aromatic rings. The highest BCUT2D eigenvalue weighted by atomic mass is 19.4. The summed E-state index contributed by atoms with van der Waals surface area (Å²) in [6.45, 7) is 10.8. The van der Waals surface area contributed by atoms with Gasteiger partial charge < -0.3 is 4.90 Å². The van der Waals surface area contributed by atoms with Gasteiger partial charge in [-0.1, -0.05) is 25.1 Å². The minimum absolute atomic E-state index is 0.000848. The first-order valence-corrected chi connectivity index (χ1v) is 12.0. The fraction of sp³-hybridized carbons (Fsp3) is 0.407. The summed E-state index contributed by atoms with van der Waals surface area (Å²) in [7, 11) is 0. The summed E-state index contributed by atoms with van der Waals surface area (Å²) in [5.41, 5.74) is -1.55. The van der Waals surface area contributed by atoms with Crippen LogP contribution in [0.25, 0.3) is 15.9 Å². The normalized spacial score (nSPS) is 14.0. The van der Waals surface area contributed by atoms with E-state index in [1.807, 2.05) is 30.3 Å². The van der Waals surface area contributed by atoms with Crippen molar-refractivity contribution in [3.05, 3.63) is 82.3 Å². The molecule has 4 rings (SSSR count). The number of hydrogen-bond acceptors (Lipinski definition) is 3. The van der Waals surface area contributed by atoms with Crippen molar-refractivity contribution in [2.24, 2.45) is 5.92 Å². The molecule has 0 bridgehead atoms. The van der Waals surface area contributed by atoms with E-state index in [4.69, 9.17) is 11.6 Å². The molecular formula is C27H26F6N4. The number of nitrogens with zero attached hydrogens (tertiary/aromatic N) is 4. The van der Waals surface area contributed by atoms with Gasteiger partial charge in [-0.25, -0.2) is 4.98 Å². The number of alkyl halides is 6. The third-order valence-electron chi connectivity index (χ3n) is 6.26. The summed E-state index contributed by atoms with van der Waals surface area (Å²) < 4.78 is 79.9. The van der Waals surface area contributed by atoms with Crippen LogP contribution in [0.5, 0.6) is 0 Å². The third kappa shape index (κ3) is 6.64. The fourth-order valence-corrected chi connectivity index (χ4v) is 4.35. The zero-order chi connectivity index (χ0) is 26.8. The quantitative estimate of drug-likeness (QED) is 0.164. The average Bonchev–Trinajstić information content (AvgIpc) is 3.66. The molecule has 0 saturated heterocycles. The topological polar surface area (TPSA) is 23.7 Å². The highest BCUT2D eigenvalue weighted by Gasteiger charge is 2.37. The molecule has 1 fully saturated rings. The predicted molar refractivity (Wildman–Crippen MR) is 129 cm³/mol. The molecule has 1 aliphatic carbocycles. The maximum absolute atomic E-state index is 13.3. The van der Waals surface area contributed by atoms with Gasteiger partial charge in [0, 0.05) is 24.0 Å². The molecule has 0 amide bonds. The Bertz CT molecular complexity index is 1260. The Balaban J connectivity index is 1.70. The zero-order valence-corrected chi connectivity index (χ0v) is 20.2. The first-order valence-electron chi connectivity index (χ1n) is 12.0. The number of para-hydroxylation sites is 1. The van der Waals surface area contributed by atoms with Gasteiger partial charge >= 0.3 is 12.4 Å². The molecular weight excluding hydrogens is 494 g/mol. The van der Waals surface area contributed by atoms with E-state index in [1.54, 1.807) is 0 Å². The number of halogens is 6. The molecule has 0 atom stereocenters. The van der Waals surface area contributed by atoms with Gasteiger partial charge in [-0.2, -0.15) is 37.9 Å². The second kappa shape index (κ2) is 10.5. The molecule has 0 N–H and O–H groups in total. The highest BCUT2D eigenvalue weighted by Crippen LogP contribution is 2.37. The maximum atomic E-state index is 13.3. The molecule has 1 aliphatic rings. The van der Waals surface area contributed by atoms with E-state index in [2.05, 4.69) is 16.8 Å². The number of pyridine rings is 1. The van der Waals surface area contributed by atoms with Gasteiger partial charge in [0.05, 0.1) is 16.6 Å². The zero-order valence-electron chi connectivity index (χ0n) is 20.2. The number of rotatable bonds is 9. The van der Waals surface area contributed by atoms with Crippen molar-refractivity contribution < 1.29 is 26.3 Å². The highest BCUT2D eigenvalue weighted by molar-refractivity contribution is 5.81. The summed E-state index contributed by atoms with van der Waals surface area (Å²) in [4.78, 5) is 10.5. The summed E-state index contributed by atoms with van der Waals surface area (Å²) in [5.74, 6) is 1.26. The number of benzene rings is 2. The number of anilines is 1. The molecule has 0 aliphatic heterocycles. The summed E-state index contributed by atoms with van der Waals surface area (Å²) in [6, 6.07) is 10.8. The van der Waals surface area contributed by atoms with Crippen molar-refractivity contribution in [1.29, 1.82) is 0 Å². The van der Waals surface area contributed by atoms with Gasteiger partial charge in [0.25, 0.3) is 0 Å². The minimum atomic E-state index is -4.95. The van der Waals surface area contributed by atoms with Crippen LogP contribution in [-0.2, 0) is 25.4 Å². The molecule has 1 aromatic heterocycles. The van der Waals surface area contributed by atoms with Gasteiger partial charge in [-0.05, 0) is 61.1 Å². The van der Waals surface area contributed by atoms with Crippen LogP contribution in [0.3, 0.4) is 0 Å². The average molecular weight is 521 g/mol. The van der Waals surface area contributed by atoms with Crippen molar-refractivity contribution in [3.63, 3.8) is 0 Å². The predicted octanol–water partition coefficient (Wildman–Crippen LogP) is 7.74. The van der Waals surface area contributed by atoms with Crippen LogP contribution in [0.1, 0.15) is 48.4 Å². The van der Waals surface area contributed by atoms with Crippen molar-refractivity contribution >= 4 is 16.7 Å². The van der Waals surface area contributed by atoms with E-state index in [1.165, 1.54) is 0 Å². The molecule has 1 heterocycles. The standard InChI is InChI=1S/C27H26F6N4/c1-3-10-36(15-18-8-9-18)25-21(13-20-6-4-5-7-24(20)35-25)17-37(34-2)16-19-11-22(26(28,29)30)14-23(12-19)27(31,32)33/h4-7,11-14,18H,3,8-10,15-17H2,1H3. The Kier molecular flexibility index (Phi) is 7.53. The lowest BCUT2D eigenvalue weighted by molar-refractivity contribution is -0.143. The summed E-state index contributed by atoms with van der Waals surface area (Å²) in [5, 5.41) is 1.99. The summed E-state index contributed by atoms with van der Waals surface area (Å²) >= 11 is 0. The first kappa shape index (κ1) is 26.6. The van der Waals surface area contributed by atoms with E-state index < -0.39 is 30.0 Å². The van der Waals surface area contributed by atoms with Crippen LogP contribution < -0.4 is 4.90 Å². The summed E-state index contributed by atoms with van der Waals surface area (Å²) in [6.07, 6.45) is -6.75. The lowest BCUT2D eigenvalue weighted by Gasteiger charge is -2.26. The molecule has 0 spiro atoms. The number of aromatic nitrogens is 1. The van der Waals surface area contributed by atoms with E-state index in [-0.39, 0.29) is 18.2 Å². The van der Waals surface area contributed by atoms with E-state index >= 15 is 0 Å². The Labute approximate surface area is 211 Å². The van der Waals surface area contributed by atoms with E-state index in [0.29, 0.717) is 29.4 Å². The van der Waals surface area contributed by atoms with Gasteiger partial charge in [-0.15, -0.1) is 5.01 Å². The lowest BCUT2D eigenvalue weighted by atomic mass is 10.0. The van der Waals surface area contributed by atoms with Crippen LogP contribution in [0.15, 0.2) is 48.5 Å². The monoisotopic (exact) mass is 520 g/mol. The van der Waals surface area contributed by atoms with Crippen LogP contribution in [-0.4, -0.2) is 23.1 Å². The van der Waals surface area contributed by atoms with Crippen LogP contribution in [0.2, 0.25) is 0 Å². The SMILES string of the molecule is [C-]#[N+]N(Cc1cc(C(F)(F)F)cc(C(F)(F)F)c1)Cc1cc2ccccc2nc1N(CCC)CC1CC1. The van der Waals surface area contributed by atoms with Gasteiger partial charge in [0.2, 0.25) is 0 Å². The third-order valence-corrected chi connectivity index (χ3v) is 6.26. The Morgan fingerprint density at radius 3 is 2.16 bits per heavy atom. The molecule has 2 aromatic carbocycles. The van der Waals surface area contributed by atoms with E-state index in [9.17, 15) is 26.3 Å². The molecule has 0 unspecified atom stereocenters. The Morgan fingerprint density at radius 1 is 0.946 bits per heavy atom. The molecule has 0 radical (unpaired) electrons. The van der Waals surface area contributed by atoms with Gasteiger partial charge in [0.15, 0.2) is 0 Å². The largest absolute Gasteiger partial charge is 0.416 e. The number of fused-ring (bicyclic) bond motifs is 1. The van der Waals surface area contributed by atoms with E-state index in [0.717, 1.165) is 48.3 Å². The van der Waals surface area contributed by atoms with Crippen LogP contribution in [0.4, 0.5) is 32.2 Å². The Hall–Kier alpha value is -3.48. The molecule has 196 valence electrons. The van der Waals surface area contributed by atoms with Crippen LogP contribution in [0, 0.1) is 12.5 Å². The number of hydrogen-bond donors (Lipinski definition) is 0. The molecule has 37 heavy (non-hydrogen) atoms. The molecule has 4 nitrogen and oxygen atoms in total. The van der Waals surface area contributed by atoms with Crippen molar-refractivity contribution in [2.75, 3.05) is 18.0 Å². The lowest BCUT2D eigenvalue weighted by Crippen LogP contribution is -2.29.